The van der Waals surface area contributed by atoms with Gasteiger partial charge in [0.15, 0.2) is 5.76 Å². The number of nitrogens with one attached hydrogen (secondary N) is 1. The molecule has 0 saturated heterocycles. The van der Waals surface area contributed by atoms with E-state index in [1.54, 1.807) is 18.3 Å². The predicted octanol–water partition coefficient (Wildman–Crippen LogP) is 6.80. The molecule has 5 nitrogen and oxygen atoms in total. The Morgan fingerprint density at radius 1 is 1.13 bits per heavy atom. The summed E-state index contributed by atoms with van der Waals surface area (Å²) in [6.45, 7) is 0.449. The van der Waals surface area contributed by atoms with Crippen LogP contribution in [0, 0.1) is 3.57 Å². The number of ether oxygens (including phenoxy) is 1. The lowest BCUT2D eigenvalue weighted by Crippen LogP contribution is -2.16. The van der Waals surface area contributed by atoms with Crippen LogP contribution in [0.5, 0.6) is 5.75 Å². The lowest BCUT2D eigenvalue weighted by molar-refractivity contribution is 0.0929. The van der Waals surface area contributed by atoms with Crippen LogP contribution in [0.1, 0.15) is 21.7 Å². The number of furan rings is 1. The highest BCUT2D eigenvalue weighted by molar-refractivity contribution is 14.1. The van der Waals surface area contributed by atoms with Gasteiger partial charge in [-0.25, -0.2) is 5.43 Å². The summed E-state index contributed by atoms with van der Waals surface area (Å²) in [6.07, 6.45) is 1.57. The van der Waals surface area contributed by atoms with Gasteiger partial charge in [-0.05, 0) is 88.3 Å². The van der Waals surface area contributed by atoms with Crippen LogP contribution in [0.25, 0.3) is 11.0 Å². The summed E-state index contributed by atoms with van der Waals surface area (Å²) in [6, 6.07) is 20.4. The van der Waals surface area contributed by atoms with E-state index in [0.29, 0.717) is 17.2 Å². The SMILES string of the molecule is O=C(N/N=C/c1ccc(OCc2ccc(Cl)cc2)c(I)c1)c1cc2cc(Br)ccc2o1. The molecule has 0 aliphatic carbocycles. The zero-order valence-electron chi connectivity index (χ0n) is 15.9. The number of benzene rings is 3. The molecular formula is C23H15BrClIN2O3. The average molecular weight is 610 g/mol. The first-order chi connectivity index (χ1) is 15.0. The second kappa shape index (κ2) is 9.84. The fourth-order valence-corrected chi connectivity index (χ4v) is 4.00. The van der Waals surface area contributed by atoms with Gasteiger partial charge in [-0.15, -0.1) is 0 Å². The van der Waals surface area contributed by atoms with Crippen molar-refractivity contribution in [1.29, 1.82) is 0 Å². The van der Waals surface area contributed by atoms with Gasteiger partial charge in [-0.3, -0.25) is 4.79 Å². The number of hydrogen-bond acceptors (Lipinski definition) is 4. The van der Waals surface area contributed by atoms with Crippen LogP contribution in [0.15, 0.2) is 80.7 Å². The van der Waals surface area contributed by atoms with Gasteiger partial charge in [-0.1, -0.05) is 39.7 Å². The van der Waals surface area contributed by atoms with E-state index >= 15 is 0 Å². The lowest BCUT2D eigenvalue weighted by atomic mass is 10.2. The van der Waals surface area contributed by atoms with Crippen LogP contribution in [0.4, 0.5) is 0 Å². The molecule has 0 bridgehead atoms. The van der Waals surface area contributed by atoms with E-state index in [4.69, 9.17) is 20.8 Å². The Morgan fingerprint density at radius 3 is 2.71 bits per heavy atom. The molecule has 1 amide bonds. The summed E-state index contributed by atoms with van der Waals surface area (Å²) in [5, 5.41) is 5.56. The maximum atomic E-state index is 12.3. The summed E-state index contributed by atoms with van der Waals surface area (Å²) in [7, 11) is 0. The first-order valence-electron chi connectivity index (χ1n) is 9.17. The van der Waals surface area contributed by atoms with Gasteiger partial charge in [0.1, 0.15) is 17.9 Å². The monoisotopic (exact) mass is 608 g/mol. The molecule has 0 aliphatic heterocycles. The first kappa shape index (κ1) is 21.9. The second-order valence-electron chi connectivity index (χ2n) is 6.60. The largest absolute Gasteiger partial charge is 0.488 e. The van der Waals surface area contributed by atoms with Gasteiger partial charge in [0.2, 0.25) is 0 Å². The van der Waals surface area contributed by atoms with Crippen molar-refractivity contribution in [3.63, 3.8) is 0 Å². The fraction of sp³-hybridized carbons (Fsp3) is 0.0435. The molecule has 1 heterocycles. The molecule has 8 heteroatoms. The van der Waals surface area contributed by atoms with Crippen molar-refractivity contribution in [1.82, 2.24) is 5.43 Å². The molecule has 4 rings (SSSR count). The Morgan fingerprint density at radius 2 is 1.94 bits per heavy atom. The van der Waals surface area contributed by atoms with Gasteiger partial charge in [0, 0.05) is 14.9 Å². The highest BCUT2D eigenvalue weighted by Gasteiger charge is 2.11. The molecule has 156 valence electrons. The van der Waals surface area contributed by atoms with Crippen molar-refractivity contribution in [3.8, 4) is 5.75 Å². The number of carbonyl (C=O) groups is 1. The van der Waals surface area contributed by atoms with Crippen LogP contribution in [0.3, 0.4) is 0 Å². The molecule has 31 heavy (non-hydrogen) atoms. The standard InChI is InChI=1S/C23H15BrClIN2O3/c24-17-4-8-20-16(10-17)11-22(31-20)23(29)28-27-12-15-3-7-21(19(26)9-15)30-13-14-1-5-18(25)6-2-14/h1-12H,13H2,(H,28,29)/b27-12+. The summed E-state index contributed by atoms with van der Waals surface area (Å²) in [4.78, 5) is 12.3. The fourth-order valence-electron chi connectivity index (χ4n) is 2.80. The van der Waals surface area contributed by atoms with Crippen molar-refractivity contribution in [3.05, 3.63) is 96.7 Å². The number of halogens is 3. The minimum Gasteiger partial charge on any atom is -0.488 e. The van der Waals surface area contributed by atoms with Gasteiger partial charge in [-0.2, -0.15) is 5.10 Å². The number of fused-ring (bicyclic) bond motifs is 1. The van der Waals surface area contributed by atoms with Gasteiger partial charge >= 0.3 is 5.91 Å². The third-order valence-corrected chi connectivity index (χ3v) is 5.93. The average Bonchev–Trinajstić information content (AvgIpc) is 3.17. The molecule has 4 aromatic rings. The molecular weight excluding hydrogens is 595 g/mol. The van der Waals surface area contributed by atoms with Crippen molar-refractivity contribution in [2.75, 3.05) is 0 Å². The number of carbonyl (C=O) groups excluding carboxylic acids is 1. The van der Waals surface area contributed by atoms with Gasteiger partial charge in [0.05, 0.1) is 9.78 Å². The van der Waals surface area contributed by atoms with E-state index in [0.717, 1.165) is 30.3 Å². The van der Waals surface area contributed by atoms with Crippen LogP contribution >= 0.6 is 50.1 Å². The highest BCUT2D eigenvalue weighted by Crippen LogP contribution is 2.24. The molecule has 1 aromatic heterocycles. The second-order valence-corrected chi connectivity index (χ2v) is 9.11. The number of hydrogen-bond donors (Lipinski definition) is 1. The molecule has 0 saturated carbocycles. The van der Waals surface area contributed by atoms with Crippen LogP contribution in [0.2, 0.25) is 5.02 Å². The van der Waals surface area contributed by atoms with Crippen LogP contribution in [-0.2, 0) is 6.61 Å². The Kier molecular flexibility index (Phi) is 6.94. The summed E-state index contributed by atoms with van der Waals surface area (Å²) >= 11 is 11.5. The van der Waals surface area contributed by atoms with Crippen molar-refractivity contribution < 1.29 is 13.9 Å². The quantitative estimate of drug-likeness (QED) is 0.149. The molecule has 0 atom stereocenters. The Balaban J connectivity index is 1.36. The smallest absolute Gasteiger partial charge is 0.307 e. The predicted molar refractivity (Wildman–Crippen MR) is 134 cm³/mol. The molecule has 0 fully saturated rings. The molecule has 0 unspecified atom stereocenters. The molecule has 3 aromatic carbocycles. The Bertz CT molecular complexity index is 1270. The van der Waals surface area contributed by atoms with E-state index in [2.05, 4.69) is 49.0 Å². The molecule has 0 spiro atoms. The summed E-state index contributed by atoms with van der Waals surface area (Å²) in [5.74, 6) is 0.553. The van der Waals surface area contributed by atoms with Gasteiger partial charge < -0.3 is 9.15 Å². The maximum Gasteiger partial charge on any atom is 0.307 e. The molecule has 0 radical (unpaired) electrons. The van der Waals surface area contributed by atoms with Crippen LogP contribution < -0.4 is 10.2 Å². The van der Waals surface area contributed by atoms with E-state index in [1.165, 1.54) is 0 Å². The van der Waals surface area contributed by atoms with E-state index in [9.17, 15) is 4.79 Å². The maximum absolute atomic E-state index is 12.3. The third kappa shape index (κ3) is 5.66. The zero-order chi connectivity index (χ0) is 21.8. The number of hydrazone groups is 1. The van der Waals surface area contributed by atoms with Crippen molar-refractivity contribution in [2.24, 2.45) is 5.10 Å². The lowest BCUT2D eigenvalue weighted by Gasteiger charge is -2.09. The zero-order valence-corrected chi connectivity index (χ0v) is 20.4. The molecule has 0 aliphatic rings. The summed E-state index contributed by atoms with van der Waals surface area (Å²) in [5.41, 5.74) is 4.99. The Labute approximate surface area is 205 Å². The third-order valence-electron chi connectivity index (χ3n) is 4.35. The Hall–Kier alpha value is -2.36. The van der Waals surface area contributed by atoms with E-state index < -0.39 is 5.91 Å². The highest BCUT2D eigenvalue weighted by atomic mass is 127. The van der Waals surface area contributed by atoms with Crippen LogP contribution in [-0.4, -0.2) is 12.1 Å². The minimum atomic E-state index is -0.416. The number of nitrogens with zero attached hydrogens (tertiary/aromatic N) is 1. The van der Waals surface area contributed by atoms with Crippen molar-refractivity contribution in [2.45, 2.75) is 6.61 Å². The summed E-state index contributed by atoms with van der Waals surface area (Å²) < 4.78 is 13.3. The van der Waals surface area contributed by atoms with E-state index in [1.807, 2.05) is 54.6 Å². The first-order valence-corrected chi connectivity index (χ1v) is 11.4. The topological polar surface area (TPSA) is 63.8 Å². The van der Waals surface area contributed by atoms with E-state index in [-0.39, 0.29) is 5.76 Å². The molecule has 1 N–H and O–H groups in total. The minimum absolute atomic E-state index is 0.200. The van der Waals surface area contributed by atoms with Gasteiger partial charge in [0.25, 0.3) is 0 Å². The van der Waals surface area contributed by atoms with Crippen molar-refractivity contribution >= 4 is 73.2 Å². The normalized spacial score (nSPS) is 11.2. The number of rotatable bonds is 6. The number of amides is 1.